The molecule has 0 bridgehead atoms. The number of benzene rings is 3. The Labute approximate surface area is 185 Å². The summed E-state index contributed by atoms with van der Waals surface area (Å²) >= 11 is 0. The summed E-state index contributed by atoms with van der Waals surface area (Å²) in [6.45, 7) is 0.0269. The summed E-state index contributed by atoms with van der Waals surface area (Å²) in [6, 6.07) is 23.7. The van der Waals surface area contributed by atoms with Crippen LogP contribution in [0, 0.1) is 10.1 Å². The number of carbonyl (C=O) groups is 1. The molecule has 0 heterocycles. The molecular formula is C25H23NO6. The highest BCUT2D eigenvalue weighted by Crippen LogP contribution is 2.35. The van der Waals surface area contributed by atoms with Gasteiger partial charge in [-0.25, -0.2) is 4.79 Å². The number of hydrogen-bond acceptors (Lipinski definition) is 6. The van der Waals surface area contributed by atoms with E-state index in [4.69, 9.17) is 9.47 Å². The van der Waals surface area contributed by atoms with Crippen molar-refractivity contribution in [2.24, 2.45) is 0 Å². The third-order valence-corrected chi connectivity index (χ3v) is 4.97. The Morgan fingerprint density at radius 2 is 1.62 bits per heavy atom. The Morgan fingerprint density at radius 3 is 2.19 bits per heavy atom. The minimum atomic E-state index is -1.89. The number of nitro benzene ring substituents is 1. The molecule has 7 nitrogen and oxygen atoms in total. The smallest absolute Gasteiger partial charge is 0.345 e. The summed E-state index contributed by atoms with van der Waals surface area (Å²) < 4.78 is 11.1. The Kier molecular flexibility index (Phi) is 7.49. The van der Waals surface area contributed by atoms with Gasteiger partial charge in [-0.3, -0.25) is 10.1 Å². The molecule has 0 saturated heterocycles. The highest BCUT2D eigenvalue weighted by molar-refractivity contribution is 5.84. The molecule has 0 aliphatic carbocycles. The van der Waals surface area contributed by atoms with Crippen molar-refractivity contribution in [1.82, 2.24) is 0 Å². The maximum Gasteiger partial charge on any atom is 0.345 e. The summed E-state index contributed by atoms with van der Waals surface area (Å²) in [4.78, 5) is 23.4. The number of rotatable bonds is 9. The van der Waals surface area contributed by atoms with Gasteiger partial charge >= 0.3 is 5.97 Å². The predicted molar refractivity (Wildman–Crippen MR) is 120 cm³/mol. The largest absolute Gasteiger partial charge is 0.467 e. The lowest BCUT2D eigenvalue weighted by Gasteiger charge is -2.33. The first kappa shape index (κ1) is 22.9. The summed E-state index contributed by atoms with van der Waals surface area (Å²) in [7, 11) is 1.21. The van der Waals surface area contributed by atoms with E-state index in [1.54, 1.807) is 6.08 Å². The van der Waals surface area contributed by atoms with Crippen LogP contribution in [0.15, 0.2) is 91.0 Å². The van der Waals surface area contributed by atoms with Crippen molar-refractivity contribution < 1.29 is 24.3 Å². The number of methoxy groups -OCH3 is 1. The number of aliphatic hydroxyl groups is 1. The number of hydrogen-bond donors (Lipinski definition) is 1. The van der Waals surface area contributed by atoms with Gasteiger partial charge in [0.25, 0.3) is 5.69 Å². The minimum Gasteiger partial charge on any atom is -0.467 e. The van der Waals surface area contributed by atoms with Gasteiger partial charge in [-0.05, 0) is 34.9 Å². The van der Waals surface area contributed by atoms with Gasteiger partial charge in [-0.15, -0.1) is 0 Å². The Morgan fingerprint density at radius 1 is 1.03 bits per heavy atom. The molecule has 0 fully saturated rings. The van der Waals surface area contributed by atoms with E-state index < -0.39 is 22.6 Å². The van der Waals surface area contributed by atoms with Gasteiger partial charge in [0.2, 0.25) is 5.60 Å². The number of non-ortho nitro benzene ring substituents is 1. The van der Waals surface area contributed by atoms with Crippen LogP contribution in [0.25, 0.3) is 6.08 Å². The van der Waals surface area contributed by atoms with Crippen LogP contribution in [-0.2, 0) is 20.9 Å². The van der Waals surface area contributed by atoms with Crippen LogP contribution in [0.4, 0.5) is 5.69 Å². The number of carbonyl (C=O) groups excluding carboxylic acids is 1. The first-order valence-corrected chi connectivity index (χ1v) is 9.89. The fourth-order valence-electron chi connectivity index (χ4n) is 3.20. The van der Waals surface area contributed by atoms with Gasteiger partial charge in [0, 0.05) is 12.1 Å². The molecule has 7 heteroatoms. The average Bonchev–Trinajstić information content (AvgIpc) is 2.85. The maximum atomic E-state index is 13.0. The highest BCUT2D eigenvalue weighted by Gasteiger charge is 2.46. The van der Waals surface area contributed by atoms with Gasteiger partial charge in [0.05, 0.1) is 18.6 Å². The molecule has 2 atom stereocenters. The van der Waals surface area contributed by atoms with E-state index in [9.17, 15) is 20.0 Å². The number of aliphatic hydroxyl groups excluding tert-OH is 1. The molecule has 1 N–H and O–H groups in total. The lowest BCUT2D eigenvalue weighted by Crippen LogP contribution is -2.46. The third kappa shape index (κ3) is 5.26. The fraction of sp³-hybridized carbons (Fsp3) is 0.160. The average molecular weight is 433 g/mol. The Bertz CT molecular complexity index is 1070. The third-order valence-electron chi connectivity index (χ3n) is 4.97. The van der Waals surface area contributed by atoms with Crippen molar-refractivity contribution in [3.8, 4) is 0 Å². The molecule has 0 aromatic heterocycles. The van der Waals surface area contributed by atoms with Gasteiger partial charge in [0.15, 0.2) is 0 Å². The summed E-state index contributed by atoms with van der Waals surface area (Å²) in [5.41, 5.74) is -0.164. The zero-order valence-electron chi connectivity index (χ0n) is 17.5. The number of nitrogens with zero attached hydrogens (tertiary/aromatic N) is 1. The molecular weight excluding hydrogens is 410 g/mol. The number of nitro groups is 1. The molecule has 3 aromatic rings. The van der Waals surface area contributed by atoms with E-state index in [-0.39, 0.29) is 17.9 Å². The zero-order chi connectivity index (χ0) is 23.0. The monoisotopic (exact) mass is 433 g/mol. The summed E-state index contributed by atoms with van der Waals surface area (Å²) in [5.74, 6) is -0.800. The van der Waals surface area contributed by atoms with Crippen molar-refractivity contribution in [2.45, 2.75) is 18.3 Å². The van der Waals surface area contributed by atoms with Crippen LogP contribution in [0.2, 0.25) is 0 Å². The fourth-order valence-corrected chi connectivity index (χ4v) is 3.20. The van der Waals surface area contributed by atoms with E-state index in [0.717, 1.165) is 11.1 Å². The van der Waals surface area contributed by atoms with Crippen LogP contribution in [0.5, 0.6) is 0 Å². The first-order valence-electron chi connectivity index (χ1n) is 9.89. The van der Waals surface area contributed by atoms with Gasteiger partial charge in [-0.2, -0.15) is 0 Å². The van der Waals surface area contributed by atoms with Crippen molar-refractivity contribution in [2.75, 3.05) is 7.11 Å². The van der Waals surface area contributed by atoms with E-state index >= 15 is 0 Å². The SMILES string of the molecule is COC(=O)[C@@](/C=C/c1ccccc1)(OCc1ccccc1)[C@@H](O)c1ccc([N+](=O)[O-])cc1. The second-order valence-electron chi connectivity index (χ2n) is 7.05. The Hall–Kier alpha value is -3.81. The molecule has 32 heavy (non-hydrogen) atoms. The van der Waals surface area contributed by atoms with Crippen LogP contribution < -0.4 is 0 Å². The second-order valence-corrected chi connectivity index (χ2v) is 7.05. The minimum absolute atomic E-state index is 0.0269. The quantitative estimate of drug-likeness (QED) is 0.304. The van der Waals surface area contributed by atoms with Gasteiger partial charge < -0.3 is 14.6 Å². The molecule has 0 aliphatic rings. The molecule has 0 spiro atoms. The van der Waals surface area contributed by atoms with Crippen LogP contribution in [-0.4, -0.2) is 28.7 Å². The van der Waals surface area contributed by atoms with Crippen LogP contribution in [0.3, 0.4) is 0 Å². The van der Waals surface area contributed by atoms with E-state index in [1.165, 1.54) is 37.5 Å². The zero-order valence-corrected chi connectivity index (χ0v) is 17.5. The van der Waals surface area contributed by atoms with E-state index in [0.29, 0.717) is 0 Å². The van der Waals surface area contributed by atoms with Crippen LogP contribution >= 0.6 is 0 Å². The second kappa shape index (κ2) is 10.5. The summed E-state index contributed by atoms with van der Waals surface area (Å²) in [6.07, 6.45) is 1.64. The van der Waals surface area contributed by atoms with Crippen molar-refractivity contribution in [3.63, 3.8) is 0 Å². The maximum absolute atomic E-state index is 13.0. The molecule has 3 aromatic carbocycles. The van der Waals surface area contributed by atoms with Crippen LogP contribution in [0.1, 0.15) is 22.8 Å². The van der Waals surface area contributed by atoms with Crippen molar-refractivity contribution in [1.29, 1.82) is 0 Å². The highest BCUT2D eigenvalue weighted by atomic mass is 16.6. The van der Waals surface area contributed by atoms with Gasteiger partial charge in [0.1, 0.15) is 6.10 Å². The van der Waals surface area contributed by atoms with E-state index in [1.807, 2.05) is 60.7 Å². The Balaban J connectivity index is 2.04. The number of esters is 1. The normalized spacial score (nSPS) is 13.9. The molecule has 0 radical (unpaired) electrons. The lowest BCUT2D eigenvalue weighted by molar-refractivity contribution is -0.384. The molecule has 3 rings (SSSR count). The molecule has 164 valence electrons. The van der Waals surface area contributed by atoms with Crippen molar-refractivity contribution >= 4 is 17.7 Å². The summed E-state index contributed by atoms with van der Waals surface area (Å²) in [5, 5.41) is 22.3. The predicted octanol–water partition coefficient (Wildman–Crippen LogP) is 4.47. The molecule has 0 amide bonds. The lowest BCUT2D eigenvalue weighted by atomic mass is 9.89. The standard InChI is InChI=1S/C25H23NO6/c1-31-24(28)25(17-16-19-8-4-2-5-9-19,32-18-20-10-6-3-7-11-20)23(27)21-12-14-22(15-13-21)26(29)30/h2-17,23,27H,18H2,1H3/b17-16+/t23-,25-/m0/s1. The number of ether oxygens (including phenoxy) is 2. The topological polar surface area (TPSA) is 98.9 Å². The van der Waals surface area contributed by atoms with Crippen molar-refractivity contribution in [3.05, 3.63) is 118 Å². The first-order chi connectivity index (χ1) is 15.5. The molecule has 0 aliphatic heterocycles. The molecule has 0 saturated carbocycles. The van der Waals surface area contributed by atoms with Gasteiger partial charge in [-0.1, -0.05) is 66.7 Å². The van der Waals surface area contributed by atoms with E-state index in [2.05, 4.69) is 0 Å². The molecule has 0 unspecified atom stereocenters.